The van der Waals surface area contributed by atoms with E-state index in [0.717, 1.165) is 24.2 Å². The van der Waals surface area contributed by atoms with E-state index in [2.05, 4.69) is 37.8 Å². The van der Waals surface area contributed by atoms with Crippen LogP contribution in [0.1, 0.15) is 36.6 Å². The van der Waals surface area contributed by atoms with E-state index in [1.54, 1.807) is 20.3 Å². The van der Waals surface area contributed by atoms with E-state index in [0.29, 0.717) is 20.1 Å². The van der Waals surface area contributed by atoms with Crippen molar-refractivity contribution in [2.75, 3.05) is 14.2 Å². The average molecular weight is 364 g/mol. The Kier molecular flexibility index (Phi) is 7.26. The molecule has 0 bridgehead atoms. The Hall–Kier alpha value is -1.38. The fourth-order valence-electron chi connectivity index (χ4n) is 2.72. The summed E-state index contributed by atoms with van der Waals surface area (Å²) >= 11 is 4.44. The van der Waals surface area contributed by atoms with Gasteiger partial charge in [-0.2, -0.15) is 12.6 Å². The minimum absolute atomic E-state index is 0.215. The van der Waals surface area contributed by atoms with Gasteiger partial charge >= 0.3 is 0 Å². The van der Waals surface area contributed by atoms with Gasteiger partial charge in [0, 0.05) is 23.0 Å². The standard InChI is InChI=1S/C19H25O3PS/c1-4-7-18(23-17-9-6-5-8-13(17)12-24)15-10-14(21-2)11-16(22-3)19(15)20/h5-6,8-11,18,20,23-24H,4,7,12H2,1-3H3. The zero-order chi connectivity index (χ0) is 17.5. The quantitative estimate of drug-likeness (QED) is 0.527. The zero-order valence-corrected chi connectivity index (χ0v) is 16.3. The van der Waals surface area contributed by atoms with E-state index in [4.69, 9.17) is 9.47 Å². The van der Waals surface area contributed by atoms with Gasteiger partial charge in [-0.25, -0.2) is 0 Å². The van der Waals surface area contributed by atoms with Gasteiger partial charge in [0.2, 0.25) is 0 Å². The normalized spacial score (nSPS) is 12.5. The van der Waals surface area contributed by atoms with Crippen molar-refractivity contribution in [3.05, 3.63) is 47.5 Å². The number of phenols is 1. The molecule has 2 unspecified atom stereocenters. The summed E-state index contributed by atoms with van der Waals surface area (Å²) in [6.45, 7) is 2.16. The molecule has 2 aromatic rings. The fourth-order valence-corrected chi connectivity index (χ4v) is 4.88. The molecule has 130 valence electrons. The molecule has 0 aromatic heterocycles. The summed E-state index contributed by atoms with van der Waals surface area (Å²) in [5.41, 5.74) is 2.36. The number of aromatic hydroxyl groups is 1. The maximum Gasteiger partial charge on any atom is 0.164 e. The zero-order valence-electron chi connectivity index (χ0n) is 14.4. The van der Waals surface area contributed by atoms with Crippen LogP contribution in [0.4, 0.5) is 0 Å². The molecule has 0 radical (unpaired) electrons. The van der Waals surface area contributed by atoms with Crippen molar-refractivity contribution in [2.45, 2.75) is 31.2 Å². The highest BCUT2D eigenvalue weighted by molar-refractivity contribution is 7.79. The molecular weight excluding hydrogens is 339 g/mol. The lowest BCUT2D eigenvalue weighted by Crippen LogP contribution is -2.06. The molecular formula is C19H25O3PS. The van der Waals surface area contributed by atoms with E-state index in [1.165, 1.54) is 10.9 Å². The molecule has 1 N–H and O–H groups in total. The Balaban J connectivity index is 2.43. The number of phenolic OH excluding ortho intramolecular Hbond substituents is 1. The molecule has 2 atom stereocenters. The monoisotopic (exact) mass is 364 g/mol. The van der Waals surface area contributed by atoms with Crippen molar-refractivity contribution in [1.82, 2.24) is 0 Å². The fraction of sp³-hybridized carbons (Fsp3) is 0.368. The SMILES string of the molecule is CCCC(Pc1ccccc1CS)c1cc(OC)cc(OC)c1O. The van der Waals surface area contributed by atoms with Crippen LogP contribution in [0.25, 0.3) is 0 Å². The van der Waals surface area contributed by atoms with Crippen LogP contribution in [0.2, 0.25) is 0 Å². The molecule has 0 aliphatic rings. The van der Waals surface area contributed by atoms with Crippen LogP contribution in [0, 0.1) is 0 Å². The third-order valence-electron chi connectivity index (χ3n) is 4.00. The van der Waals surface area contributed by atoms with Crippen LogP contribution in [0.3, 0.4) is 0 Å². The molecule has 0 fully saturated rings. The van der Waals surface area contributed by atoms with E-state index < -0.39 is 0 Å². The highest BCUT2D eigenvalue weighted by atomic mass is 32.1. The van der Waals surface area contributed by atoms with Crippen LogP contribution in [0.5, 0.6) is 17.2 Å². The number of rotatable bonds is 8. The number of hydrogen-bond donors (Lipinski definition) is 2. The summed E-state index contributed by atoms with van der Waals surface area (Å²) in [5, 5.41) is 11.9. The molecule has 5 heteroatoms. The van der Waals surface area contributed by atoms with Crippen LogP contribution in [-0.2, 0) is 5.75 Å². The van der Waals surface area contributed by atoms with Crippen LogP contribution < -0.4 is 14.8 Å². The Morgan fingerprint density at radius 1 is 1.17 bits per heavy atom. The molecule has 0 saturated carbocycles. The second-order valence-corrected chi connectivity index (χ2v) is 7.41. The Morgan fingerprint density at radius 2 is 1.92 bits per heavy atom. The van der Waals surface area contributed by atoms with Gasteiger partial charge in [-0.05, 0) is 23.4 Å². The lowest BCUT2D eigenvalue weighted by atomic mass is 10.1. The average Bonchev–Trinajstić information content (AvgIpc) is 2.62. The van der Waals surface area contributed by atoms with E-state index in [-0.39, 0.29) is 11.4 Å². The highest BCUT2D eigenvalue weighted by Crippen LogP contribution is 2.47. The van der Waals surface area contributed by atoms with Crippen molar-refractivity contribution < 1.29 is 14.6 Å². The minimum atomic E-state index is 0.215. The molecule has 24 heavy (non-hydrogen) atoms. The van der Waals surface area contributed by atoms with Crippen molar-refractivity contribution in [3.63, 3.8) is 0 Å². The Morgan fingerprint density at radius 3 is 2.54 bits per heavy atom. The molecule has 0 saturated heterocycles. The molecule has 2 aromatic carbocycles. The predicted octanol–water partition coefficient (Wildman–Crippen LogP) is 4.68. The van der Waals surface area contributed by atoms with Gasteiger partial charge in [-0.3, -0.25) is 0 Å². The van der Waals surface area contributed by atoms with Gasteiger partial charge in [-0.1, -0.05) is 46.2 Å². The van der Waals surface area contributed by atoms with Crippen molar-refractivity contribution in [1.29, 1.82) is 0 Å². The molecule has 0 amide bonds. The first-order valence-electron chi connectivity index (χ1n) is 8.04. The Bertz CT molecular complexity index is 676. The van der Waals surface area contributed by atoms with Crippen molar-refractivity contribution in [3.8, 4) is 17.2 Å². The minimum Gasteiger partial charge on any atom is -0.504 e. The smallest absolute Gasteiger partial charge is 0.164 e. The van der Waals surface area contributed by atoms with Crippen LogP contribution in [-0.4, -0.2) is 19.3 Å². The number of benzene rings is 2. The maximum absolute atomic E-state index is 10.6. The molecule has 3 nitrogen and oxygen atoms in total. The number of ether oxygens (including phenoxy) is 2. The summed E-state index contributed by atoms with van der Waals surface area (Å²) in [5.74, 6) is 2.09. The highest BCUT2D eigenvalue weighted by Gasteiger charge is 2.21. The summed E-state index contributed by atoms with van der Waals surface area (Å²) in [6, 6.07) is 12.0. The third-order valence-corrected chi connectivity index (χ3v) is 6.09. The van der Waals surface area contributed by atoms with Crippen molar-refractivity contribution in [2.24, 2.45) is 0 Å². The molecule has 0 aliphatic heterocycles. The second-order valence-electron chi connectivity index (χ2n) is 5.57. The van der Waals surface area contributed by atoms with E-state index in [9.17, 15) is 5.11 Å². The first-order chi connectivity index (χ1) is 11.6. The van der Waals surface area contributed by atoms with Crippen molar-refractivity contribution >= 4 is 26.5 Å². The van der Waals surface area contributed by atoms with E-state index in [1.807, 2.05) is 12.1 Å². The lowest BCUT2D eigenvalue weighted by Gasteiger charge is -2.21. The van der Waals surface area contributed by atoms with Crippen LogP contribution >= 0.6 is 21.2 Å². The summed E-state index contributed by atoms with van der Waals surface area (Å²) in [7, 11) is 3.75. The first kappa shape index (κ1) is 19.0. The summed E-state index contributed by atoms with van der Waals surface area (Å²) < 4.78 is 10.7. The van der Waals surface area contributed by atoms with Gasteiger partial charge in [0.1, 0.15) is 5.75 Å². The second kappa shape index (κ2) is 9.19. The topological polar surface area (TPSA) is 38.7 Å². The lowest BCUT2D eigenvalue weighted by molar-refractivity contribution is 0.360. The third kappa shape index (κ3) is 4.37. The molecule has 2 rings (SSSR count). The maximum atomic E-state index is 10.6. The van der Waals surface area contributed by atoms with Gasteiger partial charge in [-0.15, -0.1) is 0 Å². The predicted molar refractivity (Wildman–Crippen MR) is 106 cm³/mol. The van der Waals surface area contributed by atoms with Crippen LogP contribution in [0.15, 0.2) is 36.4 Å². The Labute approximate surface area is 151 Å². The van der Waals surface area contributed by atoms with E-state index >= 15 is 0 Å². The number of thiol groups is 1. The first-order valence-corrected chi connectivity index (χ1v) is 9.75. The van der Waals surface area contributed by atoms with Gasteiger partial charge < -0.3 is 14.6 Å². The van der Waals surface area contributed by atoms with Gasteiger partial charge in [0.05, 0.1) is 14.2 Å². The molecule has 0 spiro atoms. The van der Waals surface area contributed by atoms with Gasteiger partial charge in [0.25, 0.3) is 0 Å². The molecule has 0 aliphatic carbocycles. The molecule has 0 heterocycles. The number of hydrogen-bond acceptors (Lipinski definition) is 4. The van der Waals surface area contributed by atoms with Gasteiger partial charge in [0.15, 0.2) is 11.5 Å². The largest absolute Gasteiger partial charge is 0.504 e. The summed E-state index contributed by atoms with van der Waals surface area (Å²) in [6.07, 6.45) is 2.03. The summed E-state index contributed by atoms with van der Waals surface area (Å²) in [4.78, 5) is 0. The number of methoxy groups -OCH3 is 2.